The van der Waals surface area contributed by atoms with Crippen LogP contribution in [0.15, 0.2) is 84.3 Å². The molecule has 1 aliphatic carbocycles. The highest BCUT2D eigenvalue weighted by molar-refractivity contribution is 5.88. The van der Waals surface area contributed by atoms with Gasteiger partial charge >= 0.3 is 0 Å². The Labute approximate surface area is 196 Å². The number of amides is 1. The molecule has 4 rings (SSSR count). The van der Waals surface area contributed by atoms with Crippen LogP contribution >= 0.6 is 0 Å². The average molecular weight is 444 g/mol. The molecule has 172 valence electrons. The number of benzene rings is 2. The molecule has 1 atom stereocenters. The Morgan fingerprint density at radius 3 is 2.73 bits per heavy atom. The fraction of sp³-hybridized carbons (Fsp3) is 0.296. The van der Waals surface area contributed by atoms with Gasteiger partial charge in [0.15, 0.2) is 0 Å². The molecule has 1 heterocycles. The molecule has 0 saturated carbocycles. The third-order valence-corrected chi connectivity index (χ3v) is 6.11. The van der Waals surface area contributed by atoms with Crippen LogP contribution in [0.2, 0.25) is 0 Å². The van der Waals surface area contributed by atoms with E-state index in [4.69, 9.17) is 5.73 Å². The van der Waals surface area contributed by atoms with Crippen molar-refractivity contribution in [2.45, 2.75) is 19.8 Å². The van der Waals surface area contributed by atoms with Crippen LogP contribution in [0, 0.1) is 5.92 Å². The van der Waals surface area contributed by atoms with Crippen LogP contribution in [0.3, 0.4) is 0 Å². The summed E-state index contributed by atoms with van der Waals surface area (Å²) in [5.74, 6) is 0.213. The molecular weight excluding hydrogens is 410 g/mol. The molecule has 1 amide bonds. The molecule has 0 spiro atoms. The van der Waals surface area contributed by atoms with Crippen LogP contribution in [-0.4, -0.2) is 37.1 Å². The molecule has 1 aliphatic heterocycles. The van der Waals surface area contributed by atoms with Crippen molar-refractivity contribution in [3.63, 3.8) is 0 Å². The van der Waals surface area contributed by atoms with E-state index in [0.29, 0.717) is 6.54 Å². The van der Waals surface area contributed by atoms with Crippen LogP contribution in [0.1, 0.15) is 24.5 Å². The summed E-state index contributed by atoms with van der Waals surface area (Å²) in [6.07, 6.45) is 8.36. The zero-order chi connectivity index (χ0) is 23.0. The highest BCUT2D eigenvalue weighted by Gasteiger charge is 2.24. The summed E-state index contributed by atoms with van der Waals surface area (Å²) in [7, 11) is 0. The normalized spacial score (nSPS) is 17.3. The van der Waals surface area contributed by atoms with Crippen molar-refractivity contribution in [3.05, 3.63) is 95.5 Å². The lowest BCUT2D eigenvalue weighted by Crippen LogP contribution is -2.36. The number of hydrogen-bond donors (Lipinski definition) is 4. The smallest absolute Gasteiger partial charge is 0.221 e. The van der Waals surface area contributed by atoms with Gasteiger partial charge in [-0.2, -0.15) is 0 Å². The van der Waals surface area contributed by atoms with Gasteiger partial charge in [0, 0.05) is 49.2 Å². The topological polar surface area (TPSA) is 82.4 Å². The molecule has 0 fully saturated rings. The molecule has 0 saturated heterocycles. The highest BCUT2D eigenvalue weighted by Crippen LogP contribution is 2.33. The first-order valence-electron chi connectivity index (χ1n) is 11.6. The van der Waals surface area contributed by atoms with E-state index in [-0.39, 0.29) is 11.8 Å². The van der Waals surface area contributed by atoms with Crippen molar-refractivity contribution in [1.82, 2.24) is 15.5 Å². The number of nitrogens with one attached hydrogen (secondary N) is 3. The molecule has 0 radical (unpaired) electrons. The van der Waals surface area contributed by atoms with Crippen LogP contribution < -0.4 is 21.7 Å². The Bertz CT molecular complexity index is 1060. The van der Waals surface area contributed by atoms with Crippen LogP contribution in [-0.2, 0) is 11.2 Å². The van der Waals surface area contributed by atoms with Gasteiger partial charge in [-0.1, -0.05) is 48.5 Å². The lowest BCUT2D eigenvalue weighted by molar-refractivity contribution is -0.114. The number of carbonyl (C=O) groups is 1. The van der Waals surface area contributed by atoms with E-state index in [1.54, 1.807) is 0 Å². The first kappa shape index (κ1) is 22.7. The van der Waals surface area contributed by atoms with E-state index in [2.05, 4.69) is 75.6 Å². The maximum atomic E-state index is 11.4. The molecule has 5 N–H and O–H groups in total. The second-order valence-corrected chi connectivity index (χ2v) is 8.57. The Morgan fingerprint density at radius 1 is 1.15 bits per heavy atom. The minimum atomic E-state index is -0.0559. The number of nitrogens with two attached hydrogens (primary N) is 1. The highest BCUT2D eigenvalue weighted by atomic mass is 16.1. The number of carbonyl (C=O) groups excluding carboxylic acids is 1. The van der Waals surface area contributed by atoms with Crippen molar-refractivity contribution in [2.75, 3.05) is 31.6 Å². The standard InChI is InChI=1S/C27H33N5O/c1-20(33)31-25-9-5-6-21(14-25)12-13-32(18-26-17-29-19-30-26)27-11-10-23(15-24(27)16-28)22-7-3-2-4-8-22/h2-11,14,17,24,29-30H,12-13,15-16,18-19,28H2,1H3,(H,31,33). The van der Waals surface area contributed by atoms with Gasteiger partial charge in [-0.25, -0.2) is 0 Å². The quantitative estimate of drug-likeness (QED) is 0.477. The predicted molar refractivity (Wildman–Crippen MR) is 135 cm³/mol. The minimum absolute atomic E-state index is 0.0559. The molecule has 1 unspecified atom stereocenters. The molecule has 2 aromatic carbocycles. The van der Waals surface area contributed by atoms with Gasteiger partial charge in [-0.3, -0.25) is 4.79 Å². The monoisotopic (exact) mass is 443 g/mol. The fourth-order valence-electron chi connectivity index (χ4n) is 4.46. The average Bonchev–Trinajstić information content (AvgIpc) is 3.35. The Hall–Kier alpha value is -3.51. The van der Waals surface area contributed by atoms with Gasteiger partial charge in [0.25, 0.3) is 0 Å². The Morgan fingerprint density at radius 2 is 2.00 bits per heavy atom. The Balaban J connectivity index is 1.55. The third-order valence-electron chi connectivity index (χ3n) is 6.11. The second-order valence-electron chi connectivity index (χ2n) is 8.57. The fourth-order valence-corrected chi connectivity index (χ4v) is 4.46. The first-order chi connectivity index (χ1) is 16.1. The van der Waals surface area contributed by atoms with E-state index >= 15 is 0 Å². The van der Waals surface area contributed by atoms with E-state index in [9.17, 15) is 4.79 Å². The number of nitrogens with zero attached hydrogens (tertiary/aromatic N) is 1. The second kappa shape index (κ2) is 10.9. The zero-order valence-corrected chi connectivity index (χ0v) is 19.2. The largest absolute Gasteiger partial charge is 0.372 e. The summed E-state index contributed by atoms with van der Waals surface area (Å²) < 4.78 is 0. The lowest BCUT2D eigenvalue weighted by Gasteiger charge is -2.35. The van der Waals surface area contributed by atoms with Gasteiger partial charge in [0.05, 0.1) is 13.2 Å². The maximum Gasteiger partial charge on any atom is 0.221 e. The number of anilines is 1. The zero-order valence-electron chi connectivity index (χ0n) is 19.2. The first-order valence-corrected chi connectivity index (χ1v) is 11.6. The molecule has 0 bridgehead atoms. The maximum absolute atomic E-state index is 11.4. The van der Waals surface area contributed by atoms with Crippen LogP contribution in [0.5, 0.6) is 0 Å². The molecule has 33 heavy (non-hydrogen) atoms. The summed E-state index contributed by atoms with van der Waals surface area (Å²) in [5.41, 5.74) is 13.4. The van der Waals surface area contributed by atoms with Crippen molar-refractivity contribution in [1.29, 1.82) is 0 Å². The van der Waals surface area contributed by atoms with E-state index in [0.717, 1.165) is 38.3 Å². The minimum Gasteiger partial charge on any atom is -0.372 e. The number of allylic oxidation sites excluding steroid dienone is 3. The number of rotatable bonds is 9. The molecule has 0 aromatic heterocycles. The Kier molecular flexibility index (Phi) is 7.47. The van der Waals surface area contributed by atoms with E-state index in [1.807, 2.05) is 18.2 Å². The summed E-state index contributed by atoms with van der Waals surface area (Å²) in [4.78, 5) is 13.9. The molecule has 6 heteroatoms. The van der Waals surface area contributed by atoms with Crippen molar-refractivity contribution in [2.24, 2.45) is 11.7 Å². The molecular formula is C27H33N5O. The van der Waals surface area contributed by atoms with Crippen LogP contribution in [0.25, 0.3) is 5.57 Å². The SMILES string of the molecule is CC(=O)Nc1cccc(CCN(CC2=CNCN2)C2=CC=C(c3ccccc3)CC2CN)c1. The molecule has 2 aliphatic rings. The van der Waals surface area contributed by atoms with Crippen LogP contribution in [0.4, 0.5) is 5.69 Å². The lowest BCUT2D eigenvalue weighted by atomic mass is 9.86. The summed E-state index contributed by atoms with van der Waals surface area (Å²) in [6.45, 7) is 4.56. The van der Waals surface area contributed by atoms with E-state index < -0.39 is 0 Å². The van der Waals surface area contributed by atoms with Gasteiger partial charge < -0.3 is 26.6 Å². The molecule has 6 nitrogen and oxygen atoms in total. The van der Waals surface area contributed by atoms with Gasteiger partial charge in [0.1, 0.15) is 0 Å². The summed E-state index contributed by atoms with van der Waals surface area (Å²) in [5, 5.41) is 9.52. The van der Waals surface area contributed by atoms with E-state index in [1.165, 1.54) is 35.0 Å². The molecule has 2 aromatic rings. The third kappa shape index (κ3) is 6.05. The van der Waals surface area contributed by atoms with Gasteiger partial charge in [-0.05, 0) is 47.8 Å². The van der Waals surface area contributed by atoms with Crippen molar-refractivity contribution in [3.8, 4) is 0 Å². The van der Waals surface area contributed by atoms with Crippen molar-refractivity contribution < 1.29 is 4.79 Å². The summed E-state index contributed by atoms with van der Waals surface area (Å²) in [6, 6.07) is 18.6. The van der Waals surface area contributed by atoms with Gasteiger partial charge in [0.2, 0.25) is 5.91 Å². The van der Waals surface area contributed by atoms with Gasteiger partial charge in [-0.15, -0.1) is 0 Å². The summed E-state index contributed by atoms with van der Waals surface area (Å²) >= 11 is 0. The predicted octanol–water partition coefficient (Wildman–Crippen LogP) is 3.43. The number of hydrogen-bond acceptors (Lipinski definition) is 5. The van der Waals surface area contributed by atoms with Crippen molar-refractivity contribution >= 4 is 17.2 Å².